The fourth-order valence-electron chi connectivity index (χ4n) is 1.63. The monoisotopic (exact) mass is 248 g/mol. The predicted octanol–water partition coefficient (Wildman–Crippen LogP) is 2.32. The van der Waals surface area contributed by atoms with E-state index in [0.717, 1.165) is 12.8 Å². The molecule has 0 saturated heterocycles. The molecular formula is C14H20N2O2. The molecule has 0 unspecified atom stereocenters. The van der Waals surface area contributed by atoms with E-state index in [0.29, 0.717) is 23.5 Å². The summed E-state index contributed by atoms with van der Waals surface area (Å²) in [6.07, 6.45) is 3.64. The van der Waals surface area contributed by atoms with Crippen molar-refractivity contribution < 1.29 is 9.53 Å². The number of unbranched alkanes of at least 4 members (excludes halogenated alkanes) is 1. The molecule has 18 heavy (non-hydrogen) atoms. The van der Waals surface area contributed by atoms with E-state index >= 15 is 0 Å². The molecule has 0 spiro atoms. The molecule has 1 aromatic carbocycles. The Bertz CT molecular complexity index is 430. The Hall–Kier alpha value is -1.97. The first kappa shape index (κ1) is 14.1. The van der Waals surface area contributed by atoms with Gasteiger partial charge in [0.2, 0.25) is 0 Å². The SMILES string of the molecule is C=CCCCN(C)C(=O)c1cc(OC)ccc1N. The summed E-state index contributed by atoms with van der Waals surface area (Å²) in [6.45, 7) is 4.34. The van der Waals surface area contributed by atoms with Crippen LogP contribution in [0, 0.1) is 0 Å². The van der Waals surface area contributed by atoms with E-state index in [2.05, 4.69) is 6.58 Å². The number of amides is 1. The number of nitrogen functional groups attached to an aromatic ring is 1. The molecule has 0 aliphatic rings. The number of benzene rings is 1. The highest BCUT2D eigenvalue weighted by Crippen LogP contribution is 2.20. The van der Waals surface area contributed by atoms with E-state index in [1.165, 1.54) is 0 Å². The van der Waals surface area contributed by atoms with Crippen LogP contribution in [0.5, 0.6) is 5.75 Å². The first-order valence-corrected chi connectivity index (χ1v) is 5.90. The normalized spacial score (nSPS) is 9.89. The highest BCUT2D eigenvalue weighted by atomic mass is 16.5. The minimum atomic E-state index is -0.0875. The Labute approximate surface area is 108 Å². The van der Waals surface area contributed by atoms with Gasteiger partial charge in [0.1, 0.15) is 5.75 Å². The Morgan fingerprint density at radius 1 is 1.56 bits per heavy atom. The maximum atomic E-state index is 12.2. The van der Waals surface area contributed by atoms with Crippen LogP contribution in [0.4, 0.5) is 5.69 Å². The van der Waals surface area contributed by atoms with Crippen LogP contribution >= 0.6 is 0 Å². The van der Waals surface area contributed by atoms with Crippen LogP contribution in [0.2, 0.25) is 0 Å². The quantitative estimate of drug-likeness (QED) is 0.477. The van der Waals surface area contributed by atoms with Crippen molar-refractivity contribution in [3.8, 4) is 5.75 Å². The van der Waals surface area contributed by atoms with Gasteiger partial charge in [-0.3, -0.25) is 4.79 Å². The van der Waals surface area contributed by atoms with Gasteiger partial charge in [0, 0.05) is 19.3 Å². The van der Waals surface area contributed by atoms with Crippen molar-refractivity contribution >= 4 is 11.6 Å². The molecule has 0 heterocycles. The fraction of sp³-hybridized carbons (Fsp3) is 0.357. The highest BCUT2D eigenvalue weighted by molar-refractivity contribution is 5.99. The van der Waals surface area contributed by atoms with Gasteiger partial charge in [-0.05, 0) is 31.0 Å². The van der Waals surface area contributed by atoms with Gasteiger partial charge >= 0.3 is 0 Å². The van der Waals surface area contributed by atoms with Crippen LogP contribution in [0.1, 0.15) is 23.2 Å². The summed E-state index contributed by atoms with van der Waals surface area (Å²) in [5.41, 5.74) is 6.77. The van der Waals surface area contributed by atoms with Crippen molar-refractivity contribution in [2.45, 2.75) is 12.8 Å². The maximum Gasteiger partial charge on any atom is 0.255 e. The topological polar surface area (TPSA) is 55.6 Å². The first-order valence-electron chi connectivity index (χ1n) is 5.90. The van der Waals surface area contributed by atoms with E-state index in [1.807, 2.05) is 6.08 Å². The molecule has 1 amide bonds. The van der Waals surface area contributed by atoms with Gasteiger partial charge < -0.3 is 15.4 Å². The number of carbonyl (C=O) groups is 1. The summed E-state index contributed by atoms with van der Waals surface area (Å²) in [4.78, 5) is 13.9. The maximum absolute atomic E-state index is 12.2. The van der Waals surface area contributed by atoms with Crippen LogP contribution < -0.4 is 10.5 Å². The number of nitrogens with zero attached hydrogens (tertiary/aromatic N) is 1. The highest BCUT2D eigenvalue weighted by Gasteiger charge is 2.15. The molecular weight excluding hydrogens is 228 g/mol. The average molecular weight is 248 g/mol. The average Bonchev–Trinajstić information content (AvgIpc) is 2.38. The zero-order valence-corrected chi connectivity index (χ0v) is 11.0. The van der Waals surface area contributed by atoms with Gasteiger partial charge in [0.25, 0.3) is 5.91 Å². The largest absolute Gasteiger partial charge is 0.497 e. The molecule has 0 fully saturated rings. The second-order valence-corrected chi connectivity index (χ2v) is 4.11. The number of rotatable bonds is 6. The molecule has 4 nitrogen and oxygen atoms in total. The van der Waals surface area contributed by atoms with Crippen LogP contribution in [0.15, 0.2) is 30.9 Å². The number of carbonyl (C=O) groups excluding carboxylic acids is 1. The third kappa shape index (κ3) is 3.52. The summed E-state index contributed by atoms with van der Waals surface area (Å²) < 4.78 is 5.10. The van der Waals surface area contributed by atoms with Gasteiger partial charge in [-0.25, -0.2) is 0 Å². The van der Waals surface area contributed by atoms with E-state index in [-0.39, 0.29) is 5.91 Å². The van der Waals surface area contributed by atoms with Gasteiger partial charge in [-0.1, -0.05) is 6.08 Å². The molecule has 98 valence electrons. The Morgan fingerprint density at radius 2 is 2.28 bits per heavy atom. The smallest absolute Gasteiger partial charge is 0.255 e. The first-order chi connectivity index (χ1) is 8.60. The van der Waals surface area contributed by atoms with Crippen LogP contribution in [-0.4, -0.2) is 31.5 Å². The van der Waals surface area contributed by atoms with Gasteiger partial charge in [-0.2, -0.15) is 0 Å². The third-order valence-electron chi connectivity index (χ3n) is 2.74. The lowest BCUT2D eigenvalue weighted by atomic mass is 10.1. The number of allylic oxidation sites excluding steroid dienone is 1. The van der Waals surface area contributed by atoms with E-state index < -0.39 is 0 Å². The van der Waals surface area contributed by atoms with Crippen molar-refractivity contribution in [2.75, 3.05) is 26.4 Å². The molecule has 0 aliphatic heterocycles. The van der Waals surface area contributed by atoms with E-state index in [1.54, 1.807) is 37.3 Å². The molecule has 4 heteroatoms. The summed E-state index contributed by atoms with van der Waals surface area (Å²) in [5.74, 6) is 0.544. The lowest BCUT2D eigenvalue weighted by Crippen LogP contribution is -2.28. The second kappa shape index (κ2) is 6.69. The standard InChI is InChI=1S/C14H20N2O2/c1-4-5-6-9-16(2)14(17)12-10-11(18-3)7-8-13(12)15/h4,7-8,10H,1,5-6,9,15H2,2-3H3. The number of hydrogen-bond acceptors (Lipinski definition) is 3. The zero-order valence-electron chi connectivity index (χ0n) is 11.0. The number of nitrogens with two attached hydrogens (primary N) is 1. The lowest BCUT2D eigenvalue weighted by Gasteiger charge is -2.18. The fourth-order valence-corrected chi connectivity index (χ4v) is 1.63. The minimum Gasteiger partial charge on any atom is -0.497 e. The molecule has 2 N–H and O–H groups in total. The summed E-state index contributed by atoms with van der Waals surface area (Å²) >= 11 is 0. The van der Waals surface area contributed by atoms with Gasteiger partial charge in [0.05, 0.1) is 12.7 Å². The summed E-state index contributed by atoms with van der Waals surface area (Å²) in [5, 5.41) is 0. The second-order valence-electron chi connectivity index (χ2n) is 4.11. The molecule has 0 bridgehead atoms. The Kier molecular flexibility index (Phi) is 5.24. The number of methoxy groups -OCH3 is 1. The van der Waals surface area contributed by atoms with Crippen LogP contribution in [0.25, 0.3) is 0 Å². The number of anilines is 1. The lowest BCUT2D eigenvalue weighted by molar-refractivity contribution is 0.0794. The van der Waals surface area contributed by atoms with E-state index in [4.69, 9.17) is 10.5 Å². The molecule has 0 aliphatic carbocycles. The Balaban J connectivity index is 2.78. The molecule has 0 aromatic heterocycles. The van der Waals surface area contributed by atoms with Crippen molar-refractivity contribution in [1.29, 1.82) is 0 Å². The van der Waals surface area contributed by atoms with Gasteiger partial charge in [0.15, 0.2) is 0 Å². The third-order valence-corrected chi connectivity index (χ3v) is 2.74. The Morgan fingerprint density at radius 3 is 2.89 bits per heavy atom. The zero-order chi connectivity index (χ0) is 13.5. The summed E-state index contributed by atoms with van der Waals surface area (Å²) in [7, 11) is 3.33. The molecule has 1 aromatic rings. The van der Waals surface area contributed by atoms with Crippen molar-refractivity contribution in [1.82, 2.24) is 4.90 Å². The van der Waals surface area contributed by atoms with Gasteiger partial charge in [-0.15, -0.1) is 6.58 Å². The predicted molar refractivity (Wildman–Crippen MR) is 73.8 cm³/mol. The van der Waals surface area contributed by atoms with Crippen molar-refractivity contribution in [3.05, 3.63) is 36.4 Å². The molecule has 0 radical (unpaired) electrons. The number of ether oxygens (including phenoxy) is 1. The summed E-state index contributed by atoms with van der Waals surface area (Å²) in [6, 6.07) is 5.09. The minimum absolute atomic E-state index is 0.0875. The van der Waals surface area contributed by atoms with Crippen molar-refractivity contribution in [2.24, 2.45) is 0 Å². The van der Waals surface area contributed by atoms with Crippen LogP contribution in [-0.2, 0) is 0 Å². The van der Waals surface area contributed by atoms with E-state index in [9.17, 15) is 4.79 Å². The number of hydrogen-bond donors (Lipinski definition) is 1. The van der Waals surface area contributed by atoms with Crippen molar-refractivity contribution in [3.63, 3.8) is 0 Å². The molecule has 0 saturated carbocycles. The molecule has 1 rings (SSSR count). The van der Waals surface area contributed by atoms with Crippen LogP contribution in [0.3, 0.4) is 0 Å². The molecule has 0 atom stereocenters.